The average Bonchev–Trinajstić information content (AvgIpc) is 4.40. The highest BCUT2D eigenvalue weighted by Gasteiger charge is 2.53. The highest BCUT2D eigenvalue weighted by atomic mass is 31.3. The Morgan fingerprint density at radius 3 is 2.03 bits per heavy atom. The summed E-state index contributed by atoms with van der Waals surface area (Å²) in [5.74, 6) is -1.38. The van der Waals surface area contributed by atoms with Crippen LogP contribution in [0.3, 0.4) is 0 Å². The van der Waals surface area contributed by atoms with Gasteiger partial charge in [0.15, 0.2) is 41.4 Å². The van der Waals surface area contributed by atoms with Crippen molar-refractivity contribution in [2.24, 2.45) is 13.0 Å². The Bertz CT molecular complexity index is 3530. The van der Waals surface area contributed by atoms with E-state index in [0.717, 1.165) is 24.3 Å². The molecule has 0 saturated carbocycles. The molecule has 0 radical (unpaired) electrons. The smallest absolute Gasteiger partial charge is 0.490 e. The van der Waals surface area contributed by atoms with E-state index in [2.05, 4.69) is 53.8 Å². The zero-order valence-electron chi connectivity index (χ0n) is 40.5. The summed E-state index contributed by atoms with van der Waals surface area (Å²) in [6.07, 6.45) is -13.0. The van der Waals surface area contributed by atoms with E-state index in [1.807, 2.05) is 0 Å². The van der Waals surface area contributed by atoms with Gasteiger partial charge in [0.2, 0.25) is 17.7 Å². The quantitative estimate of drug-likeness (QED) is 0.0228. The summed E-state index contributed by atoms with van der Waals surface area (Å²) >= 11 is 0. The number of phosphoric acid groups is 4. The van der Waals surface area contributed by atoms with Gasteiger partial charge in [0.25, 0.3) is 24.9 Å². The van der Waals surface area contributed by atoms with Crippen LogP contribution in [0.4, 0.5) is 17.7 Å². The minimum atomic E-state index is -6.19. The van der Waals surface area contributed by atoms with Crippen molar-refractivity contribution >= 4 is 82.5 Å². The second kappa shape index (κ2) is 22.1. The van der Waals surface area contributed by atoms with Crippen molar-refractivity contribution in [3.63, 3.8) is 0 Å². The standard InChI is InChI=1S/C35H49N15O24P4/c1-38-25-17-26(40-9-39-25)48(10-41-17)33-24(65-4)23(72-75(56,57)66-7-15-21(52)22(53)32(70-15)49-11-42-18-27(49)43-34(36)45-29(18)54)16(71-33)8-68-77(60,61)74-78(62,63)73-76(58,59)67-6-14-13(5-64-3)20(51)31(69-14)50-12-47(2)19-28(50)44-35(37)46-30(19)55/h9-16,20-24,31-33,51-53H,5-8H2,1-4H3,(H10-,36,37,38,39,40,43,44,45,46,54,55,56,57,58,59,60,61,62,63)/t13-,14-,15-,16-,20-,21-,22-,23-,24-,31-,32-,33-/m1/s1. The van der Waals surface area contributed by atoms with E-state index in [1.54, 1.807) is 0 Å². The zero-order chi connectivity index (χ0) is 56.4. The summed E-state index contributed by atoms with van der Waals surface area (Å²) in [6.45, 7) is -3.51. The van der Waals surface area contributed by atoms with Crippen molar-refractivity contribution in [1.82, 2.24) is 53.6 Å². The van der Waals surface area contributed by atoms with Gasteiger partial charge in [0.1, 0.15) is 54.6 Å². The molecule has 78 heavy (non-hydrogen) atoms. The predicted octanol–water partition coefficient (Wildman–Crippen LogP) is -3.98. The predicted molar refractivity (Wildman–Crippen MR) is 251 cm³/mol. The maximum atomic E-state index is 13.6. The van der Waals surface area contributed by atoms with Crippen LogP contribution < -0.4 is 37.4 Å². The topological polar surface area (TPSA) is 540 Å². The van der Waals surface area contributed by atoms with Gasteiger partial charge in [-0.2, -0.15) is 13.6 Å². The van der Waals surface area contributed by atoms with E-state index in [0.29, 0.717) is 0 Å². The van der Waals surface area contributed by atoms with Crippen LogP contribution in [0.2, 0.25) is 0 Å². The molecule has 13 N–H and O–H groups in total. The molecule has 6 aromatic heterocycles. The van der Waals surface area contributed by atoms with E-state index >= 15 is 0 Å². The molecule has 0 spiro atoms. The molecule has 3 aliphatic rings. The van der Waals surface area contributed by atoms with E-state index in [4.69, 9.17) is 53.2 Å². The summed E-state index contributed by atoms with van der Waals surface area (Å²) < 4.78 is 115. The Morgan fingerprint density at radius 2 is 1.36 bits per heavy atom. The number of H-pyrrole nitrogens is 2. The fourth-order valence-electron chi connectivity index (χ4n) is 8.93. The molecule has 16 atom stereocenters. The van der Waals surface area contributed by atoms with Gasteiger partial charge in [0.05, 0.1) is 52.2 Å². The Hall–Kier alpha value is -5.15. The van der Waals surface area contributed by atoms with Crippen molar-refractivity contribution in [2.75, 3.05) is 64.5 Å². The molecule has 4 unspecified atom stereocenters. The lowest BCUT2D eigenvalue weighted by Crippen LogP contribution is -2.45. The number of nitrogens with one attached hydrogen (secondary N) is 3. The number of nitrogens with zero attached hydrogens (tertiary/aromatic N) is 10. The molecule has 6 aromatic rings. The molecule has 9 rings (SSSR count). The molecule has 0 bridgehead atoms. The summed E-state index contributed by atoms with van der Waals surface area (Å²) in [5.41, 5.74) is 9.96. The number of aliphatic hydroxyl groups is 3. The van der Waals surface area contributed by atoms with Crippen LogP contribution >= 0.6 is 31.3 Å². The van der Waals surface area contributed by atoms with Crippen LogP contribution in [-0.2, 0) is 75.7 Å². The molecule has 9 heterocycles. The van der Waals surface area contributed by atoms with Gasteiger partial charge in [-0.25, -0.2) is 38.2 Å². The molecular formula is C35H49N15O24P4. The van der Waals surface area contributed by atoms with Gasteiger partial charge in [0, 0.05) is 27.2 Å². The first kappa shape index (κ1) is 57.5. The molecule has 0 aromatic carbocycles. The van der Waals surface area contributed by atoms with Gasteiger partial charge in [-0.1, -0.05) is 4.98 Å². The number of ether oxygens (including phenoxy) is 5. The summed E-state index contributed by atoms with van der Waals surface area (Å²) in [6, 6.07) is 0. The Balaban J connectivity index is 0.876. The first-order chi connectivity index (χ1) is 36.7. The summed E-state index contributed by atoms with van der Waals surface area (Å²) in [7, 11) is -18.2. The maximum Gasteiger partial charge on any atom is 0.490 e. The van der Waals surface area contributed by atoms with Crippen LogP contribution in [0.25, 0.3) is 33.5 Å². The number of hydrogen-bond acceptors (Lipinski definition) is 30. The third-order valence-electron chi connectivity index (χ3n) is 12.3. The van der Waals surface area contributed by atoms with Crippen molar-refractivity contribution < 1.29 is 108 Å². The van der Waals surface area contributed by atoms with Crippen LogP contribution in [0.15, 0.2) is 34.9 Å². The SMILES string of the molecule is CNc1ncnc2c1ncn2[C@@H]1O[C@H](COP(=O)(O)OP(=O)(O)OP(=O)(O)OC[C@H]2O[C@@H]([n+]3cn(C)c4c(=O)[nH]c(N)nc43)[C@H](O)[C@@H]2COC)[C@@H](OP(=O)([O-])OC[C@H]2O[C@@H](n3cnc4c(=O)[nH]c(N)nc43)[C@H](O)[C@@H]2O)[C@H]1OC. The molecule has 0 aliphatic carbocycles. The number of phosphoric ester groups is 3. The highest BCUT2D eigenvalue weighted by molar-refractivity contribution is 7.66. The molecule has 3 fully saturated rings. The largest absolute Gasteiger partial charge is 0.756 e. The normalized spacial score (nSPS) is 29.7. The number of imidazole rings is 3. The number of hydrogen-bond donors (Lipinski definition) is 11. The number of aromatic amines is 2. The van der Waals surface area contributed by atoms with Crippen LogP contribution in [-0.4, -0.2) is 180 Å². The first-order valence-corrected chi connectivity index (χ1v) is 28.4. The number of rotatable bonds is 22. The summed E-state index contributed by atoms with van der Waals surface area (Å²) in [5, 5.41) is 35.8. The molecule has 39 nitrogen and oxygen atoms in total. The van der Waals surface area contributed by atoms with Crippen LogP contribution in [0.1, 0.15) is 18.7 Å². The van der Waals surface area contributed by atoms with Crippen molar-refractivity contribution in [2.45, 2.75) is 67.5 Å². The van der Waals surface area contributed by atoms with Crippen molar-refractivity contribution in [3.8, 4) is 0 Å². The number of nitrogens with two attached hydrogens (primary N) is 2. The highest BCUT2D eigenvalue weighted by Crippen LogP contribution is 2.68. The lowest BCUT2D eigenvalue weighted by molar-refractivity contribution is -0.745. The van der Waals surface area contributed by atoms with E-state index in [1.165, 1.54) is 47.6 Å². The number of aromatic nitrogens is 12. The maximum absolute atomic E-state index is 13.6. The molecule has 3 saturated heterocycles. The number of aryl methyl sites for hydroxylation is 1. The molecule has 0 amide bonds. The first-order valence-electron chi connectivity index (χ1n) is 22.4. The molecule has 43 heteroatoms. The monoisotopic (exact) mass is 1190 g/mol. The third-order valence-corrected chi connectivity index (χ3v) is 17.5. The van der Waals surface area contributed by atoms with Crippen LogP contribution in [0, 0.1) is 5.92 Å². The van der Waals surface area contributed by atoms with Gasteiger partial charge >= 0.3 is 29.1 Å². The molecule has 428 valence electrons. The Kier molecular flexibility index (Phi) is 16.3. The molecule has 3 aliphatic heterocycles. The van der Waals surface area contributed by atoms with E-state index in [9.17, 15) is 62.7 Å². The lowest BCUT2D eigenvalue weighted by atomic mass is 9.99. The number of fused-ring (bicyclic) bond motifs is 3. The second-order valence-electron chi connectivity index (χ2n) is 17.3. The van der Waals surface area contributed by atoms with Gasteiger partial charge in [-0.05, 0) is 0 Å². The second-order valence-corrected chi connectivity index (χ2v) is 23.3. The fourth-order valence-corrected chi connectivity index (χ4v) is 13.4. The zero-order valence-corrected chi connectivity index (χ0v) is 44.1. The summed E-state index contributed by atoms with van der Waals surface area (Å²) in [4.78, 5) is 99.4. The van der Waals surface area contributed by atoms with Gasteiger partial charge in [-0.15, -0.1) is 0 Å². The number of anilines is 3. The fraction of sp³-hybridized carbons (Fsp3) is 0.571. The van der Waals surface area contributed by atoms with E-state index < -0.39 is 136 Å². The minimum Gasteiger partial charge on any atom is -0.756 e. The Morgan fingerprint density at radius 1 is 0.744 bits per heavy atom. The van der Waals surface area contributed by atoms with Gasteiger partial charge in [-0.3, -0.25) is 46.9 Å². The Labute approximate surface area is 434 Å². The van der Waals surface area contributed by atoms with Crippen molar-refractivity contribution in [1.29, 1.82) is 0 Å². The number of methoxy groups -OCH3 is 2. The van der Waals surface area contributed by atoms with E-state index in [-0.39, 0.29) is 57.8 Å². The number of aliphatic hydroxyl groups excluding tert-OH is 3. The molecular weight excluding hydrogens is 1140 g/mol. The lowest BCUT2D eigenvalue weighted by Gasteiger charge is -2.31. The van der Waals surface area contributed by atoms with Crippen LogP contribution in [0.5, 0.6) is 0 Å². The number of nitrogen functional groups attached to an aromatic ring is 2. The van der Waals surface area contributed by atoms with Gasteiger partial charge < -0.3 is 84.4 Å². The average molecular weight is 1190 g/mol. The third kappa shape index (κ3) is 11.6. The minimum absolute atomic E-state index is 0.0202. The van der Waals surface area contributed by atoms with Crippen molar-refractivity contribution in [3.05, 3.63) is 46.0 Å².